The molecule has 1 aliphatic heterocycles. The number of hydrogen-bond donors (Lipinski definition) is 0. The van der Waals surface area contributed by atoms with Crippen molar-refractivity contribution in [1.82, 2.24) is 0 Å². The van der Waals surface area contributed by atoms with Crippen molar-refractivity contribution in [3.63, 3.8) is 0 Å². The third kappa shape index (κ3) is 3.19. The Morgan fingerprint density at radius 3 is 2.50 bits per heavy atom. The van der Waals surface area contributed by atoms with Crippen LogP contribution < -0.4 is 10.4 Å². The van der Waals surface area contributed by atoms with Gasteiger partial charge in [-0.05, 0) is 52.0 Å². The van der Waals surface area contributed by atoms with E-state index in [1.807, 2.05) is 45.9 Å². The van der Waals surface area contributed by atoms with Crippen LogP contribution in [-0.2, 0) is 14.3 Å². The fourth-order valence-electron chi connectivity index (χ4n) is 3.12. The standard InChI is InChI=1S/C20H22O6/c1-6-11(2)23-18-16-14(26-20(4,5)19(18)24-12(3)21)9-7-13-8-10-15(22)25-17(13)16/h6-10,18-19H,1-5H3/b11-6+/t18-,19-/m1/s1. The van der Waals surface area contributed by atoms with Gasteiger partial charge in [0.2, 0.25) is 0 Å². The first-order valence-electron chi connectivity index (χ1n) is 8.45. The van der Waals surface area contributed by atoms with Crippen LogP contribution in [0.2, 0.25) is 0 Å². The second-order valence-corrected chi connectivity index (χ2v) is 6.82. The molecular formula is C20H22O6. The smallest absolute Gasteiger partial charge is 0.336 e. The zero-order chi connectivity index (χ0) is 19.1. The summed E-state index contributed by atoms with van der Waals surface area (Å²) in [5.74, 6) is 0.754. The van der Waals surface area contributed by atoms with Gasteiger partial charge >= 0.3 is 11.6 Å². The van der Waals surface area contributed by atoms with Crippen molar-refractivity contribution in [2.24, 2.45) is 0 Å². The molecule has 26 heavy (non-hydrogen) atoms. The van der Waals surface area contributed by atoms with Crippen LogP contribution in [0.4, 0.5) is 0 Å². The molecule has 0 unspecified atom stereocenters. The molecule has 3 rings (SSSR count). The largest absolute Gasteiger partial charge is 0.486 e. The molecule has 0 N–H and O–H groups in total. The second kappa shape index (κ2) is 6.52. The molecule has 2 heterocycles. The first-order chi connectivity index (χ1) is 12.2. The summed E-state index contributed by atoms with van der Waals surface area (Å²) in [5, 5.41) is 0.736. The molecule has 138 valence electrons. The SMILES string of the molecule is C/C=C(\C)O[C@@H]1c2c(ccc3ccc(=O)oc23)OC(C)(C)[C@@H]1OC(C)=O. The molecule has 2 atom stereocenters. The molecule has 0 radical (unpaired) electrons. The van der Waals surface area contributed by atoms with E-state index in [-0.39, 0.29) is 0 Å². The molecule has 0 fully saturated rings. The Hall–Kier alpha value is -2.76. The van der Waals surface area contributed by atoms with E-state index in [2.05, 4.69) is 0 Å². The maximum absolute atomic E-state index is 11.8. The van der Waals surface area contributed by atoms with E-state index in [0.29, 0.717) is 22.7 Å². The fourth-order valence-corrected chi connectivity index (χ4v) is 3.12. The van der Waals surface area contributed by atoms with Crippen LogP contribution in [0.1, 0.15) is 46.3 Å². The van der Waals surface area contributed by atoms with E-state index in [9.17, 15) is 9.59 Å². The molecule has 0 spiro atoms. The highest BCUT2D eigenvalue weighted by molar-refractivity contribution is 5.83. The van der Waals surface area contributed by atoms with E-state index >= 15 is 0 Å². The number of allylic oxidation sites excluding steroid dienone is 2. The van der Waals surface area contributed by atoms with Crippen LogP contribution in [0.25, 0.3) is 11.0 Å². The topological polar surface area (TPSA) is 75.0 Å². The van der Waals surface area contributed by atoms with Crippen molar-refractivity contribution in [1.29, 1.82) is 0 Å². The maximum Gasteiger partial charge on any atom is 0.336 e. The average molecular weight is 358 g/mol. The molecule has 6 nitrogen and oxygen atoms in total. The van der Waals surface area contributed by atoms with Gasteiger partial charge in [-0.15, -0.1) is 0 Å². The summed E-state index contributed by atoms with van der Waals surface area (Å²) in [5.41, 5.74) is -0.370. The Morgan fingerprint density at radius 2 is 1.85 bits per heavy atom. The van der Waals surface area contributed by atoms with Gasteiger partial charge in [0.1, 0.15) is 16.9 Å². The van der Waals surface area contributed by atoms with E-state index in [4.69, 9.17) is 18.6 Å². The number of carbonyl (C=O) groups excluding carboxylic acids is 1. The summed E-state index contributed by atoms with van der Waals surface area (Å²) >= 11 is 0. The molecule has 6 heteroatoms. The van der Waals surface area contributed by atoms with Gasteiger partial charge in [0.15, 0.2) is 12.2 Å². The first kappa shape index (κ1) is 18.0. The van der Waals surface area contributed by atoms with Crippen LogP contribution in [0, 0.1) is 0 Å². The molecule has 0 bridgehead atoms. The van der Waals surface area contributed by atoms with Crippen molar-refractivity contribution < 1.29 is 23.4 Å². The Kier molecular flexibility index (Phi) is 4.52. The fraction of sp³-hybridized carbons (Fsp3) is 0.400. The molecular weight excluding hydrogens is 336 g/mol. The van der Waals surface area contributed by atoms with Crippen molar-refractivity contribution in [2.45, 2.75) is 52.4 Å². The Labute approximate surface area is 151 Å². The zero-order valence-electron chi connectivity index (χ0n) is 15.5. The van der Waals surface area contributed by atoms with Crippen molar-refractivity contribution in [3.8, 4) is 5.75 Å². The molecule has 1 aromatic heterocycles. The number of ether oxygens (including phenoxy) is 3. The Bertz CT molecular complexity index is 937. The van der Waals surface area contributed by atoms with Gasteiger partial charge in [0.05, 0.1) is 11.3 Å². The summed E-state index contributed by atoms with van der Waals surface area (Å²) in [6.07, 6.45) is 0.412. The monoisotopic (exact) mass is 358 g/mol. The Morgan fingerprint density at radius 1 is 1.15 bits per heavy atom. The molecule has 0 amide bonds. The van der Waals surface area contributed by atoms with Crippen molar-refractivity contribution >= 4 is 16.9 Å². The number of hydrogen-bond acceptors (Lipinski definition) is 6. The van der Waals surface area contributed by atoms with Gasteiger partial charge in [-0.25, -0.2) is 4.79 Å². The quantitative estimate of drug-likeness (QED) is 0.471. The van der Waals surface area contributed by atoms with E-state index in [1.54, 1.807) is 6.07 Å². The minimum Gasteiger partial charge on any atom is -0.486 e. The predicted octanol–water partition coefficient (Wildman–Crippen LogP) is 3.88. The third-order valence-corrected chi connectivity index (χ3v) is 4.42. The lowest BCUT2D eigenvalue weighted by Gasteiger charge is -2.43. The number of carbonyl (C=O) groups is 1. The molecule has 0 aliphatic carbocycles. The Balaban J connectivity index is 2.28. The van der Waals surface area contributed by atoms with E-state index in [0.717, 1.165) is 5.39 Å². The van der Waals surface area contributed by atoms with E-state index in [1.165, 1.54) is 13.0 Å². The van der Waals surface area contributed by atoms with E-state index < -0.39 is 29.4 Å². The molecule has 0 saturated heterocycles. The summed E-state index contributed by atoms with van der Waals surface area (Å²) in [4.78, 5) is 23.5. The summed E-state index contributed by atoms with van der Waals surface area (Å²) in [7, 11) is 0. The lowest BCUT2D eigenvalue weighted by molar-refractivity contribution is -0.177. The highest BCUT2D eigenvalue weighted by Crippen LogP contribution is 2.46. The van der Waals surface area contributed by atoms with Crippen LogP contribution in [0.5, 0.6) is 5.75 Å². The zero-order valence-corrected chi connectivity index (χ0v) is 15.5. The second-order valence-electron chi connectivity index (χ2n) is 6.82. The van der Waals surface area contributed by atoms with Gasteiger partial charge in [-0.2, -0.15) is 0 Å². The molecule has 1 aliphatic rings. The van der Waals surface area contributed by atoms with Crippen LogP contribution in [0.3, 0.4) is 0 Å². The normalized spacial score (nSPS) is 21.7. The van der Waals surface area contributed by atoms with Gasteiger partial charge < -0.3 is 18.6 Å². The lowest BCUT2D eigenvalue weighted by atomic mass is 9.87. The van der Waals surface area contributed by atoms with Gasteiger partial charge in [-0.1, -0.05) is 0 Å². The predicted molar refractivity (Wildman–Crippen MR) is 96.0 cm³/mol. The summed E-state index contributed by atoms with van der Waals surface area (Å²) in [6.45, 7) is 8.67. The van der Waals surface area contributed by atoms with Crippen LogP contribution in [-0.4, -0.2) is 17.7 Å². The molecule has 2 aromatic rings. The third-order valence-electron chi connectivity index (χ3n) is 4.42. The van der Waals surface area contributed by atoms with Crippen molar-refractivity contribution in [2.75, 3.05) is 0 Å². The lowest BCUT2D eigenvalue weighted by Crippen LogP contribution is -2.51. The number of benzene rings is 1. The molecule has 0 saturated carbocycles. The minimum absolute atomic E-state index is 0.372. The number of fused-ring (bicyclic) bond motifs is 3. The van der Waals surface area contributed by atoms with Crippen LogP contribution in [0.15, 0.2) is 45.3 Å². The number of rotatable bonds is 3. The summed E-state index contributed by atoms with van der Waals surface area (Å²) in [6, 6.07) is 6.67. The van der Waals surface area contributed by atoms with Gasteiger partial charge in [0.25, 0.3) is 0 Å². The minimum atomic E-state index is -0.833. The van der Waals surface area contributed by atoms with Gasteiger partial charge in [0, 0.05) is 18.4 Å². The van der Waals surface area contributed by atoms with Crippen LogP contribution >= 0.6 is 0 Å². The summed E-state index contributed by atoms with van der Waals surface area (Å²) < 4.78 is 23.2. The maximum atomic E-state index is 11.8. The number of esters is 1. The first-order valence-corrected chi connectivity index (χ1v) is 8.45. The highest BCUT2D eigenvalue weighted by Gasteiger charge is 2.49. The van der Waals surface area contributed by atoms with Crippen molar-refractivity contribution in [3.05, 3.63) is 52.1 Å². The highest BCUT2D eigenvalue weighted by atomic mass is 16.6. The molecule has 1 aromatic carbocycles. The average Bonchev–Trinajstić information content (AvgIpc) is 2.56. The van der Waals surface area contributed by atoms with Gasteiger partial charge in [-0.3, -0.25) is 4.79 Å².